The Hall–Kier alpha value is -1.66. The monoisotopic (exact) mass is 434 g/mol. The number of benzene rings is 1. The van der Waals surface area contributed by atoms with Gasteiger partial charge < -0.3 is 14.4 Å². The highest BCUT2D eigenvalue weighted by Gasteiger charge is 2.51. The van der Waals surface area contributed by atoms with E-state index < -0.39 is 5.60 Å². The van der Waals surface area contributed by atoms with E-state index in [-0.39, 0.29) is 17.3 Å². The molecule has 1 spiro atoms. The number of rotatable bonds is 3. The number of amides is 1. The number of nitrogens with zero attached hydrogens (tertiary/aromatic N) is 2. The van der Waals surface area contributed by atoms with Crippen molar-refractivity contribution in [1.82, 2.24) is 9.80 Å². The van der Waals surface area contributed by atoms with Crippen LogP contribution in [0.5, 0.6) is 0 Å². The third kappa shape index (κ3) is 5.40. The number of fused-ring (bicyclic) bond motifs is 1. The number of hydrogen-bond acceptors (Lipinski definition) is 4. The summed E-state index contributed by atoms with van der Waals surface area (Å²) in [4.78, 5) is 16.5. The fraction of sp³-hybridized carbons (Fsp3) is 0.720. The minimum absolute atomic E-state index is 0.105. The molecule has 1 saturated carbocycles. The van der Waals surface area contributed by atoms with Crippen LogP contribution in [0.4, 0.5) is 9.18 Å². The van der Waals surface area contributed by atoms with E-state index in [1.54, 1.807) is 13.2 Å². The highest BCUT2D eigenvalue weighted by Crippen LogP contribution is 2.48. The van der Waals surface area contributed by atoms with Gasteiger partial charge in [0.15, 0.2) is 0 Å². The van der Waals surface area contributed by atoms with Crippen molar-refractivity contribution in [3.8, 4) is 0 Å². The fourth-order valence-corrected chi connectivity index (χ4v) is 5.26. The van der Waals surface area contributed by atoms with E-state index in [0.717, 1.165) is 62.0 Å². The first kappa shape index (κ1) is 24.0. The van der Waals surface area contributed by atoms with E-state index in [9.17, 15) is 9.18 Å². The van der Waals surface area contributed by atoms with E-state index in [0.29, 0.717) is 19.2 Å². The molecule has 2 heterocycles. The molecule has 0 aromatic heterocycles. The lowest BCUT2D eigenvalue weighted by atomic mass is 9.78. The highest BCUT2D eigenvalue weighted by molar-refractivity contribution is 5.69. The normalized spacial score (nSPS) is 22.4. The summed E-state index contributed by atoms with van der Waals surface area (Å²) in [6.45, 7) is 13.4. The van der Waals surface area contributed by atoms with Gasteiger partial charge in [-0.15, -0.1) is 0 Å². The summed E-state index contributed by atoms with van der Waals surface area (Å²) in [7, 11) is 1.64. The molecule has 2 aliphatic heterocycles. The number of ether oxygens (including phenoxy) is 2. The Balaban J connectivity index is 0.00000132. The molecule has 3 aliphatic rings. The molecule has 31 heavy (non-hydrogen) atoms. The predicted molar refractivity (Wildman–Crippen MR) is 120 cm³/mol. The fourth-order valence-electron chi connectivity index (χ4n) is 5.26. The van der Waals surface area contributed by atoms with Crippen molar-refractivity contribution < 1.29 is 18.7 Å². The van der Waals surface area contributed by atoms with Gasteiger partial charge in [-0.25, -0.2) is 9.18 Å². The van der Waals surface area contributed by atoms with Crippen LogP contribution in [0.2, 0.25) is 0 Å². The molecular weight excluding hydrogens is 395 g/mol. The van der Waals surface area contributed by atoms with E-state index in [1.807, 2.05) is 39.5 Å². The van der Waals surface area contributed by atoms with Crippen LogP contribution >= 0.6 is 0 Å². The summed E-state index contributed by atoms with van der Waals surface area (Å²) in [5.41, 5.74) is 2.66. The molecule has 174 valence electrons. The van der Waals surface area contributed by atoms with E-state index >= 15 is 0 Å². The van der Waals surface area contributed by atoms with Gasteiger partial charge >= 0.3 is 6.09 Å². The van der Waals surface area contributed by atoms with Gasteiger partial charge in [-0.2, -0.15) is 0 Å². The van der Waals surface area contributed by atoms with Crippen LogP contribution in [-0.4, -0.2) is 54.3 Å². The first-order chi connectivity index (χ1) is 14.7. The van der Waals surface area contributed by atoms with Gasteiger partial charge in [-0.3, -0.25) is 4.90 Å². The van der Waals surface area contributed by atoms with Crippen LogP contribution in [0.1, 0.15) is 70.6 Å². The maximum absolute atomic E-state index is 14.7. The zero-order chi connectivity index (χ0) is 22.8. The topological polar surface area (TPSA) is 42.0 Å². The third-order valence-corrected chi connectivity index (χ3v) is 6.59. The second-order valence-electron chi connectivity index (χ2n) is 10.1. The molecular formula is C25H39FN2O3. The molecule has 0 N–H and O–H groups in total. The van der Waals surface area contributed by atoms with Crippen LogP contribution in [0.3, 0.4) is 0 Å². The molecule has 0 radical (unpaired) electrons. The molecule has 2 fully saturated rings. The SMILES string of the molecule is CC.COCc1cc(F)c2c(c1)CCN(C1CCC3(C1)CN(C(=O)OC(C)(C)C)C3)C2. The van der Waals surface area contributed by atoms with Gasteiger partial charge in [0.1, 0.15) is 11.4 Å². The van der Waals surface area contributed by atoms with Crippen LogP contribution in [0, 0.1) is 11.2 Å². The van der Waals surface area contributed by atoms with Crippen molar-refractivity contribution in [2.75, 3.05) is 26.7 Å². The van der Waals surface area contributed by atoms with Crippen molar-refractivity contribution in [2.24, 2.45) is 5.41 Å². The molecule has 1 saturated heterocycles. The Morgan fingerprint density at radius 3 is 2.61 bits per heavy atom. The van der Waals surface area contributed by atoms with Gasteiger partial charge in [-0.1, -0.05) is 19.9 Å². The summed E-state index contributed by atoms with van der Waals surface area (Å²) in [6.07, 6.45) is 4.03. The Morgan fingerprint density at radius 2 is 1.97 bits per heavy atom. The average molecular weight is 435 g/mol. The summed E-state index contributed by atoms with van der Waals surface area (Å²) >= 11 is 0. The number of hydrogen-bond donors (Lipinski definition) is 0. The largest absolute Gasteiger partial charge is 0.444 e. The third-order valence-electron chi connectivity index (χ3n) is 6.59. The zero-order valence-electron chi connectivity index (χ0n) is 20.1. The van der Waals surface area contributed by atoms with Crippen molar-refractivity contribution in [3.05, 3.63) is 34.6 Å². The number of likely N-dealkylation sites (tertiary alicyclic amines) is 1. The van der Waals surface area contributed by atoms with Gasteiger partial charge in [-0.05, 0) is 63.6 Å². The van der Waals surface area contributed by atoms with Crippen LogP contribution in [0.15, 0.2) is 12.1 Å². The number of methoxy groups -OCH3 is 1. The smallest absolute Gasteiger partial charge is 0.410 e. The molecule has 1 aliphatic carbocycles. The molecule has 4 rings (SSSR count). The summed E-state index contributed by atoms with van der Waals surface area (Å²) < 4.78 is 25.3. The molecule has 1 aromatic rings. The van der Waals surface area contributed by atoms with Crippen molar-refractivity contribution in [2.45, 2.75) is 85.1 Å². The quantitative estimate of drug-likeness (QED) is 0.660. The van der Waals surface area contributed by atoms with Crippen molar-refractivity contribution in [1.29, 1.82) is 0 Å². The Bertz CT molecular complexity index is 784. The minimum Gasteiger partial charge on any atom is -0.444 e. The first-order valence-corrected chi connectivity index (χ1v) is 11.7. The predicted octanol–water partition coefficient (Wildman–Crippen LogP) is 5.15. The van der Waals surface area contributed by atoms with Crippen LogP contribution < -0.4 is 0 Å². The lowest BCUT2D eigenvalue weighted by molar-refractivity contribution is -0.0346. The molecule has 1 atom stereocenters. The summed E-state index contributed by atoms with van der Waals surface area (Å²) in [6, 6.07) is 4.19. The van der Waals surface area contributed by atoms with E-state index in [1.165, 1.54) is 0 Å². The molecule has 1 amide bonds. The lowest BCUT2D eigenvalue weighted by Crippen LogP contribution is -2.58. The Labute approximate surface area is 186 Å². The molecule has 5 nitrogen and oxygen atoms in total. The standard InChI is InChI=1S/C23H33FN2O3.C2H6/c1-22(2,3)29-21(27)26-14-23(15-26)7-5-18(11-23)25-8-6-17-9-16(13-28-4)10-20(24)19(17)12-25;1-2/h9-10,18H,5-8,11-15H2,1-4H3;1-2H3. The number of carbonyl (C=O) groups excluding carboxylic acids is 1. The van der Waals surface area contributed by atoms with Crippen molar-refractivity contribution in [3.63, 3.8) is 0 Å². The molecule has 6 heteroatoms. The second kappa shape index (κ2) is 9.45. The maximum atomic E-state index is 14.7. The molecule has 0 bridgehead atoms. The average Bonchev–Trinajstić information content (AvgIpc) is 3.13. The van der Waals surface area contributed by atoms with E-state index in [4.69, 9.17) is 9.47 Å². The van der Waals surface area contributed by atoms with Crippen LogP contribution in [-0.2, 0) is 29.0 Å². The van der Waals surface area contributed by atoms with Gasteiger partial charge in [0, 0.05) is 50.3 Å². The van der Waals surface area contributed by atoms with Gasteiger partial charge in [0.05, 0.1) is 6.61 Å². The van der Waals surface area contributed by atoms with Crippen LogP contribution in [0.25, 0.3) is 0 Å². The molecule has 1 aromatic carbocycles. The second-order valence-corrected chi connectivity index (χ2v) is 10.1. The van der Waals surface area contributed by atoms with Gasteiger partial charge in [0.2, 0.25) is 0 Å². The lowest BCUT2D eigenvalue weighted by Gasteiger charge is -2.48. The highest BCUT2D eigenvalue weighted by atomic mass is 19.1. The zero-order valence-corrected chi connectivity index (χ0v) is 20.1. The summed E-state index contributed by atoms with van der Waals surface area (Å²) in [5.74, 6) is -0.105. The molecule has 1 unspecified atom stereocenters. The Kier molecular flexibility index (Phi) is 7.32. The first-order valence-electron chi connectivity index (χ1n) is 11.7. The van der Waals surface area contributed by atoms with E-state index in [2.05, 4.69) is 11.0 Å². The van der Waals surface area contributed by atoms with Gasteiger partial charge in [0.25, 0.3) is 0 Å². The summed E-state index contributed by atoms with van der Waals surface area (Å²) in [5, 5.41) is 0. The number of halogens is 1. The number of carbonyl (C=O) groups is 1. The minimum atomic E-state index is -0.452. The maximum Gasteiger partial charge on any atom is 0.410 e. The Morgan fingerprint density at radius 1 is 1.26 bits per heavy atom. The van der Waals surface area contributed by atoms with Crippen molar-refractivity contribution >= 4 is 6.09 Å².